The second-order valence-corrected chi connectivity index (χ2v) is 6.31. The number of nitro groups is 1. The fraction of sp³-hybridized carbons (Fsp3) is 0.167. The minimum Gasteiger partial charge on any atom is -0.451 e. The van der Waals surface area contributed by atoms with Crippen molar-refractivity contribution in [3.05, 3.63) is 63.9 Å². The van der Waals surface area contributed by atoms with E-state index in [2.05, 4.69) is 10.3 Å². The van der Waals surface area contributed by atoms with Crippen LogP contribution in [0.25, 0.3) is 11.0 Å². The van der Waals surface area contributed by atoms with Gasteiger partial charge >= 0.3 is 5.97 Å². The van der Waals surface area contributed by atoms with Crippen molar-refractivity contribution in [3.63, 3.8) is 0 Å². The highest BCUT2D eigenvalue weighted by atomic mass is 35.5. The minimum absolute atomic E-state index is 0.00552. The first kappa shape index (κ1) is 19.3. The first-order chi connectivity index (χ1) is 13.3. The van der Waals surface area contributed by atoms with Crippen molar-refractivity contribution in [2.45, 2.75) is 19.6 Å². The van der Waals surface area contributed by atoms with Gasteiger partial charge in [0, 0.05) is 12.1 Å². The van der Waals surface area contributed by atoms with Gasteiger partial charge in [-0.1, -0.05) is 23.7 Å². The lowest BCUT2D eigenvalue weighted by molar-refractivity contribution is -0.384. The number of amides is 1. The highest BCUT2D eigenvalue weighted by molar-refractivity contribution is 6.34. The van der Waals surface area contributed by atoms with E-state index < -0.39 is 22.9 Å². The molecule has 0 bridgehead atoms. The summed E-state index contributed by atoms with van der Waals surface area (Å²) < 4.78 is 6.78. The number of imidazole rings is 1. The number of anilines is 1. The standard InChI is InChI=1S/C18H15ClN4O5/c1-11(18(25)21-14-7-6-12(23(26)27)8-13(14)19)28-17(24)9-22-10-20-15-4-2-3-5-16(15)22/h2-8,10-11H,9H2,1H3,(H,21,25). The van der Waals surface area contributed by atoms with Crippen LogP contribution >= 0.6 is 11.6 Å². The van der Waals surface area contributed by atoms with Gasteiger partial charge in [-0.2, -0.15) is 0 Å². The van der Waals surface area contributed by atoms with Gasteiger partial charge in [-0.05, 0) is 25.1 Å². The van der Waals surface area contributed by atoms with Crippen molar-refractivity contribution >= 4 is 45.9 Å². The number of benzene rings is 2. The molecule has 1 heterocycles. The van der Waals surface area contributed by atoms with Crippen molar-refractivity contribution in [2.75, 3.05) is 5.32 Å². The van der Waals surface area contributed by atoms with Crippen molar-refractivity contribution < 1.29 is 19.2 Å². The summed E-state index contributed by atoms with van der Waals surface area (Å²) in [6, 6.07) is 11.0. The molecule has 144 valence electrons. The van der Waals surface area contributed by atoms with Crippen LogP contribution in [-0.4, -0.2) is 32.5 Å². The first-order valence-corrected chi connectivity index (χ1v) is 8.57. The normalized spacial score (nSPS) is 11.8. The minimum atomic E-state index is -1.09. The van der Waals surface area contributed by atoms with Crippen LogP contribution in [0.4, 0.5) is 11.4 Å². The molecule has 0 fully saturated rings. The van der Waals surface area contributed by atoms with Crippen LogP contribution in [0, 0.1) is 10.1 Å². The fourth-order valence-corrected chi connectivity index (χ4v) is 2.74. The van der Waals surface area contributed by atoms with Gasteiger partial charge in [0.05, 0.1) is 33.0 Å². The summed E-state index contributed by atoms with van der Waals surface area (Å²) in [4.78, 5) is 38.7. The second kappa shape index (κ2) is 8.05. The van der Waals surface area contributed by atoms with Gasteiger partial charge in [0.1, 0.15) is 6.54 Å². The van der Waals surface area contributed by atoms with Gasteiger partial charge in [0.25, 0.3) is 11.6 Å². The lowest BCUT2D eigenvalue weighted by Gasteiger charge is -2.14. The first-order valence-electron chi connectivity index (χ1n) is 8.19. The number of non-ortho nitro benzene ring substituents is 1. The third-order valence-corrected chi connectivity index (χ3v) is 4.24. The van der Waals surface area contributed by atoms with Gasteiger partial charge in [-0.15, -0.1) is 0 Å². The van der Waals surface area contributed by atoms with E-state index in [1.165, 1.54) is 25.4 Å². The Kier molecular flexibility index (Phi) is 5.55. The zero-order valence-electron chi connectivity index (χ0n) is 14.7. The molecule has 1 aromatic heterocycles. The molecule has 0 saturated heterocycles. The Balaban J connectivity index is 1.61. The van der Waals surface area contributed by atoms with Crippen molar-refractivity contribution in [1.29, 1.82) is 0 Å². The molecule has 1 N–H and O–H groups in total. The molecule has 0 aliphatic carbocycles. The lowest BCUT2D eigenvalue weighted by Crippen LogP contribution is -2.31. The number of hydrogen-bond acceptors (Lipinski definition) is 6. The number of rotatable bonds is 6. The Morgan fingerprint density at radius 2 is 2.07 bits per heavy atom. The predicted molar refractivity (Wildman–Crippen MR) is 102 cm³/mol. The second-order valence-electron chi connectivity index (χ2n) is 5.90. The topological polar surface area (TPSA) is 116 Å². The number of ether oxygens (including phenoxy) is 1. The number of halogens is 1. The Bertz CT molecular complexity index is 1070. The molecule has 28 heavy (non-hydrogen) atoms. The quantitative estimate of drug-likeness (QED) is 0.384. The SMILES string of the molecule is CC(OC(=O)Cn1cnc2ccccc21)C(=O)Nc1ccc([N+](=O)[O-])cc1Cl. The van der Waals surface area contributed by atoms with E-state index >= 15 is 0 Å². The molecule has 10 heteroatoms. The number of nitrogens with one attached hydrogen (secondary N) is 1. The monoisotopic (exact) mass is 402 g/mol. The number of fused-ring (bicyclic) bond motifs is 1. The molecule has 1 atom stereocenters. The van der Waals surface area contributed by atoms with Gasteiger partial charge < -0.3 is 14.6 Å². The summed E-state index contributed by atoms with van der Waals surface area (Å²) in [7, 11) is 0. The smallest absolute Gasteiger partial charge is 0.326 e. The van der Waals surface area contributed by atoms with E-state index in [9.17, 15) is 19.7 Å². The van der Waals surface area contributed by atoms with E-state index in [0.29, 0.717) is 0 Å². The van der Waals surface area contributed by atoms with Crippen molar-refractivity contribution in [2.24, 2.45) is 0 Å². The van der Waals surface area contributed by atoms with E-state index in [1.54, 1.807) is 4.57 Å². The Labute approximate surface area is 164 Å². The lowest BCUT2D eigenvalue weighted by atomic mass is 10.2. The van der Waals surface area contributed by atoms with E-state index in [0.717, 1.165) is 17.1 Å². The molecule has 1 amide bonds. The summed E-state index contributed by atoms with van der Waals surface area (Å²) in [5.41, 5.74) is 1.50. The molecule has 9 nitrogen and oxygen atoms in total. The van der Waals surface area contributed by atoms with E-state index in [1.807, 2.05) is 24.3 Å². The van der Waals surface area contributed by atoms with E-state index in [-0.39, 0.29) is 22.9 Å². The number of para-hydroxylation sites is 2. The summed E-state index contributed by atoms with van der Waals surface area (Å²) in [5, 5.41) is 13.2. The zero-order valence-corrected chi connectivity index (χ0v) is 15.4. The van der Waals surface area contributed by atoms with E-state index in [4.69, 9.17) is 16.3 Å². The van der Waals surface area contributed by atoms with Crippen LogP contribution in [0.15, 0.2) is 48.8 Å². The maximum atomic E-state index is 12.2. The molecule has 0 spiro atoms. The number of esters is 1. The Morgan fingerprint density at radius 3 is 2.79 bits per heavy atom. The third kappa shape index (κ3) is 4.26. The average Bonchev–Trinajstić information content (AvgIpc) is 3.06. The van der Waals surface area contributed by atoms with Gasteiger partial charge in [-0.25, -0.2) is 4.98 Å². The van der Waals surface area contributed by atoms with Crippen LogP contribution in [0.3, 0.4) is 0 Å². The van der Waals surface area contributed by atoms with Gasteiger partial charge in [0.15, 0.2) is 6.10 Å². The number of carbonyl (C=O) groups excluding carboxylic acids is 2. The average molecular weight is 403 g/mol. The molecule has 1 unspecified atom stereocenters. The fourth-order valence-electron chi connectivity index (χ4n) is 2.52. The number of nitro benzene ring substituents is 1. The van der Waals surface area contributed by atoms with Crippen LogP contribution in [0.1, 0.15) is 6.92 Å². The Morgan fingerprint density at radius 1 is 1.32 bits per heavy atom. The molecule has 0 radical (unpaired) electrons. The Hall–Kier alpha value is -3.46. The molecule has 3 aromatic rings. The van der Waals surface area contributed by atoms with Crippen LogP contribution in [0.2, 0.25) is 5.02 Å². The number of nitrogens with zero attached hydrogens (tertiary/aromatic N) is 3. The van der Waals surface area contributed by atoms with Crippen LogP contribution in [0.5, 0.6) is 0 Å². The summed E-state index contributed by atoms with van der Waals surface area (Å²) in [6.07, 6.45) is 0.432. The summed E-state index contributed by atoms with van der Waals surface area (Å²) in [5.74, 6) is -1.22. The molecule has 0 aliphatic heterocycles. The third-order valence-electron chi connectivity index (χ3n) is 3.93. The number of aromatic nitrogens is 2. The predicted octanol–water partition coefficient (Wildman–Crippen LogP) is 3.17. The maximum absolute atomic E-state index is 12.2. The van der Waals surface area contributed by atoms with Gasteiger partial charge in [0.2, 0.25) is 0 Å². The molecule has 0 saturated carbocycles. The summed E-state index contributed by atoms with van der Waals surface area (Å²) >= 11 is 5.94. The highest BCUT2D eigenvalue weighted by Crippen LogP contribution is 2.26. The van der Waals surface area contributed by atoms with Crippen LogP contribution in [-0.2, 0) is 20.9 Å². The van der Waals surface area contributed by atoms with Gasteiger partial charge in [-0.3, -0.25) is 19.7 Å². The largest absolute Gasteiger partial charge is 0.451 e. The van der Waals surface area contributed by atoms with Crippen LogP contribution < -0.4 is 5.32 Å². The summed E-state index contributed by atoms with van der Waals surface area (Å²) in [6.45, 7) is 1.31. The number of hydrogen-bond donors (Lipinski definition) is 1. The highest BCUT2D eigenvalue weighted by Gasteiger charge is 2.20. The molecule has 0 aliphatic rings. The van der Waals surface area contributed by atoms with Crippen molar-refractivity contribution in [1.82, 2.24) is 9.55 Å². The van der Waals surface area contributed by atoms with Crippen molar-refractivity contribution in [3.8, 4) is 0 Å². The molecule has 3 rings (SSSR count). The number of carbonyl (C=O) groups is 2. The zero-order chi connectivity index (χ0) is 20.3. The molecular formula is C18H15ClN4O5. The molecule has 2 aromatic carbocycles. The molecular weight excluding hydrogens is 388 g/mol. The maximum Gasteiger partial charge on any atom is 0.326 e.